The zero-order valence-corrected chi connectivity index (χ0v) is 14.2. The Morgan fingerprint density at radius 2 is 1.88 bits per heavy atom. The molecule has 0 aliphatic carbocycles. The molecule has 1 amide bonds. The summed E-state index contributed by atoms with van der Waals surface area (Å²) in [7, 11) is 0. The Bertz CT molecular complexity index is 549. The summed E-state index contributed by atoms with van der Waals surface area (Å²) >= 11 is 0. The lowest BCUT2D eigenvalue weighted by atomic mass is 9.92. The Labute approximate surface area is 142 Å². The van der Waals surface area contributed by atoms with Crippen LogP contribution in [-0.4, -0.2) is 42.8 Å². The van der Waals surface area contributed by atoms with Gasteiger partial charge in [-0.3, -0.25) is 4.79 Å². The van der Waals surface area contributed by atoms with E-state index in [2.05, 4.69) is 19.2 Å². The number of carboxylic acid groups (broad SMARTS) is 1. The number of amides is 1. The Morgan fingerprint density at radius 1 is 1.25 bits per heavy atom. The van der Waals surface area contributed by atoms with Gasteiger partial charge in [0.15, 0.2) is 6.61 Å². The van der Waals surface area contributed by atoms with E-state index in [1.54, 1.807) is 0 Å². The van der Waals surface area contributed by atoms with Crippen LogP contribution in [0.1, 0.15) is 38.2 Å². The molecular formula is C18H25NO5. The van der Waals surface area contributed by atoms with E-state index >= 15 is 0 Å². The highest BCUT2D eigenvalue weighted by Gasteiger charge is 2.31. The first-order chi connectivity index (χ1) is 11.5. The van der Waals surface area contributed by atoms with Crippen LogP contribution in [0.2, 0.25) is 0 Å². The predicted molar refractivity (Wildman–Crippen MR) is 89.1 cm³/mol. The van der Waals surface area contributed by atoms with Crippen molar-refractivity contribution in [1.82, 2.24) is 5.32 Å². The lowest BCUT2D eigenvalue weighted by molar-refractivity contribution is -0.144. The van der Waals surface area contributed by atoms with Gasteiger partial charge in [0.05, 0.1) is 0 Å². The van der Waals surface area contributed by atoms with Gasteiger partial charge in [0.25, 0.3) is 5.91 Å². The normalized spacial score (nSPS) is 16.6. The van der Waals surface area contributed by atoms with E-state index < -0.39 is 17.9 Å². The maximum absolute atomic E-state index is 12.0. The summed E-state index contributed by atoms with van der Waals surface area (Å²) in [5, 5.41) is 11.9. The number of hydrogen-bond acceptors (Lipinski definition) is 4. The largest absolute Gasteiger partial charge is 0.484 e. The van der Waals surface area contributed by atoms with Crippen LogP contribution in [0.5, 0.6) is 5.75 Å². The summed E-state index contributed by atoms with van der Waals surface area (Å²) in [5.74, 6) is -0.533. The summed E-state index contributed by atoms with van der Waals surface area (Å²) in [6.07, 6.45) is 1.27. The monoisotopic (exact) mass is 335 g/mol. The molecule has 6 nitrogen and oxygen atoms in total. The summed E-state index contributed by atoms with van der Waals surface area (Å²) in [5.41, 5.74) is 1.19. The summed E-state index contributed by atoms with van der Waals surface area (Å²) in [6.45, 7) is 5.07. The number of hydrogen-bond donors (Lipinski definition) is 2. The summed E-state index contributed by atoms with van der Waals surface area (Å²) in [6, 6.07) is 6.65. The number of carbonyl (C=O) groups excluding carboxylic acids is 1. The van der Waals surface area contributed by atoms with Crippen molar-refractivity contribution in [3.05, 3.63) is 29.8 Å². The third-order valence-corrected chi connectivity index (χ3v) is 4.24. The zero-order chi connectivity index (χ0) is 17.5. The lowest BCUT2D eigenvalue weighted by Crippen LogP contribution is -2.48. The summed E-state index contributed by atoms with van der Waals surface area (Å²) < 4.78 is 10.7. The van der Waals surface area contributed by atoms with Crippen LogP contribution in [0.4, 0.5) is 0 Å². The fourth-order valence-corrected chi connectivity index (χ4v) is 2.74. The van der Waals surface area contributed by atoms with Crippen molar-refractivity contribution in [2.24, 2.45) is 5.92 Å². The van der Waals surface area contributed by atoms with Crippen molar-refractivity contribution in [2.45, 2.75) is 38.6 Å². The molecule has 0 radical (unpaired) electrons. The van der Waals surface area contributed by atoms with Crippen molar-refractivity contribution < 1.29 is 24.2 Å². The molecule has 1 heterocycles. The maximum Gasteiger partial charge on any atom is 0.326 e. The van der Waals surface area contributed by atoms with Crippen LogP contribution in [0.25, 0.3) is 0 Å². The molecule has 132 valence electrons. The minimum atomic E-state index is -1.02. The molecule has 1 saturated heterocycles. The number of benzene rings is 1. The first kappa shape index (κ1) is 18.3. The van der Waals surface area contributed by atoms with Gasteiger partial charge >= 0.3 is 5.97 Å². The molecular weight excluding hydrogens is 310 g/mol. The third-order valence-electron chi connectivity index (χ3n) is 4.24. The Morgan fingerprint density at radius 3 is 2.42 bits per heavy atom. The van der Waals surface area contributed by atoms with Gasteiger partial charge < -0.3 is 19.9 Å². The second-order valence-electron chi connectivity index (χ2n) is 6.35. The summed E-state index contributed by atoms with van der Waals surface area (Å²) in [4.78, 5) is 23.4. The van der Waals surface area contributed by atoms with E-state index in [1.807, 2.05) is 24.3 Å². The van der Waals surface area contributed by atoms with E-state index in [4.69, 9.17) is 9.47 Å². The van der Waals surface area contributed by atoms with Gasteiger partial charge in [-0.05, 0) is 42.4 Å². The highest BCUT2D eigenvalue weighted by Crippen LogP contribution is 2.20. The molecule has 1 fully saturated rings. The number of carboxylic acids is 1. The van der Waals surface area contributed by atoms with E-state index in [0.29, 0.717) is 37.7 Å². The van der Waals surface area contributed by atoms with Crippen molar-refractivity contribution in [3.63, 3.8) is 0 Å². The van der Waals surface area contributed by atoms with Crippen LogP contribution in [0.15, 0.2) is 24.3 Å². The molecule has 24 heavy (non-hydrogen) atoms. The molecule has 0 bridgehead atoms. The SMILES string of the molecule is CC(C)c1ccc(OCC(=O)NC(C(=O)O)C2CCOCC2)cc1. The molecule has 1 aromatic carbocycles. The minimum absolute atomic E-state index is 0.106. The topological polar surface area (TPSA) is 84.9 Å². The van der Waals surface area contributed by atoms with Crippen LogP contribution in [0.3, 0.4) is 0 Å². The smallest absolute Gasteiger partial charge is 0.326 e. The molecule has 1 aliphatic heterocycles. The molecule has 6 heteroatoms. The maximum atomic E-state index is 12.0. The Hall–Kier alpha value is -2.08. The number of nitrogens with one attached hydrogen (secondary N) is 1. The highest BCUT2D eigenvalue weighted by atomic mass is 16.5. The third kappa shape index (κ3) is 5.23. The van der Waals surface area contributed by atoms with Crippen LogP contribution in [0, 0.1) is 5.92 Å². The fraction of sp³-hybridized carbons (Fsp3) is 0.556. The van der Waals surface area contributed by atoms with Crippen molar-refractivity contribution >= 4 is 11.9 Å². The Kier molecular flexibility index (Phi) is 6.61. The molecule has 1 unspecified atom stereocenters. The fourth-order valence-electron chi connectivity index (χ4n) is 2.74. The van der Waals surface area contributed by atoms with Gasteiger partial charge in [0.1, 0.15) is 11.8 Å². The van der Waals surface area contributed by atoms with Crippen LogP contribution < -0.4 is 10.1 Å². The van der Waals surface area contributed by atoms with Crippen molar-refractivity contribution in [3.8, 4) is 5.75 Å². The molecule has 2 rings (SSSR count). The zero-order valence-electron chi connectivity index (χ0n) is 14.2. The first-order valence-corrected chi connectivity index (χ1v) is 8.30. The number of rotatable bonds is 7. The standard InChI is InChI=1S/C18H25NO5/c1-12(2)13-3-5-15(6-4-13)24-11-16(20)19-17(18(21)22)14-7-9-23-10-8-14/h3-6,12,14,17H,7-11H2,1-2H3,(H,19,20)(H,21,22). The lowest BCUT2D eigenvalue weighted by Gasteiger charge is -2.28. The van der Waals surface area contributed by atoms with Gasteiger partial charge in [-0.15, -0.1) is 0 Å². The van der Waals surface area contributed by atoms with Gasteiger partial charge in [-0.1, -0.05) is 26.0 Å². The number of aliphatic carboxylic acids is 1. The molecule has 1 atom stereocenters. The highest BCUT2D eigenvalue weighted by molar-refractivity contribution is 5.84. The molecule has 2 N–H and O–H groups in total. The van der Waals surface area contributed by atoms with Gasteiger partial charge in [0, 0.05) is 13.2 Å². The van der Waals surface area contributed by atoms with E-state index in [9.17, 15) is 14.7 Å². The van der Waals surface area contributed by atoms with Gasteiger partial charge in [0.2, 0.25) is 0 Å². The van der Waals surface area contributed by atoms with E-state index in [0.717, 1.165) is 0 Å². The van der Waals surface area contributed by atoms with Crippen molar-refractivity contribution in [1.29, 1.82) is 0 Å². The predicted octanol–water partition coefficient (Wildman–Crippen LogP) is 2.18. The molecule has 0 saturated carbocycles. The van der Waals surface area contributed by atoms with Gasteiger partial charge in [-0.25, -0.2) is 4.79 Å². The molecule has 1 aliphatic rings. The second-order valence-corrected chi connectivity index (χ2v) is 6.35. The number of ether oxygens (including phenoxy) is 2. The Balaban J connectivity index is 1.85. The molecule has 0 spiro atoms. The minimum Gasteiger partial charge on any atom is -0.484 e. The first-order valence-electron chi connectivity index (χ1n) is 8.30. The van der Waals surface area contributed by atoms with Crippen molar-refractivity contribution in [2.75, 3.05) is 19.8 Å². The quantitative estimate of drug-likeness (QED) is 0.798. The van der Waals surface area contributed by atoms with Crippen LogP contribution >= 0.6 is 0 Å². The number of carbonyl (C=O) groups is 2. The molecule has 0 aromatic heterocycles. The second kappa shape index (κ2) is 8.68. The average Bonchev–Trinajstić information content (AvgIpc) is 2.58. The average molecular weight is 335 g/mol. The molecule has 1 aromatic rings. The van der Waals surface area contributed by atoms with Crippen LogP contribution in [-0.2, 0) is 14.3 Å². The van der Waals surface area contributed by atoms with Gasteiger partial charge in [-0.2, -0.15) is 0 Å². The van der Waals surface area contributed by atoms with E-state index in [1.165, 1.54) is 5.56 Å². The van der Waals surface area contributed by atoms with E-state index in [-0.39, 0.29) is 12.5 Å².